The Morgan fingerprint density at radius 2 is 1.92 bits per heavy atom. The smallest absolute Gasteiger partial charge is 0.0709 e. The van der Waals surface area contributed by atoms with Crippen LogP contribution in [0.15, 0.2) is 41.9 Å². The average molecular weight is 190 g/mol. The van der Waals surface area contributed by atoms with E-state index in [4.69, 9.17) is 11.6 Å². The van der Waals surface area contributed by atoms with E-state index >= 15 is 0 Å². The summed E-state index contributed by atoms with van der Waals surface area (Å²) in [7, 11) is 0. The third-order valence-corrected chi connectivity index (χ3v) is 1.98. The molecule has 0 amide bonds. The fraction of sp³-hybridized carbons (Fsp3) is 0. The third kappa shape index (κ3) is 1.70. The maximum absolute atomic E-state index is 5.47. The molecule has 0 aliphatic carbocycles. The minimum atomic E-state index is 0.883. The van der Waals surface area contributed by atoms with Crippen LogP contribution < -0.4 is 0 Å². The van der Waals surface area contributed by atoms with E-state index in [9.17, 15) is 0 Å². The van der Waals surface area contributed by atoms with Crippen molar-refractivity contribution in [3.05, 3.63) is 47.6 Å². The molecule has 0 spiro atoms. The molecular formula is C11H8ClN. The molecule has 1 heterocycles. The summed E-state index contributed by atoms with van der Waals surface area (Å²) in [6.45, 7) is 0. The first-order chi connectivity index (χ1) is 6.40. The number of rotatable bonds is 1. The summed E-state index contributed by atoms with van der Waals surface area (Å²) < 4.78 is 0. The molecule has 0 aliphatic heterocycles. The summed E-state index contributed by atoms with van der Waals surface area (Å²) in [4.78, 5) is 4.39. The number of halogens is 1. The number of nitrogens with zero attached hydrogens (tertiary/aromatic N) is 1. The van der Waals surface area contributed by atoms with Crippen molar-refractivity contribution in [1.82, 2.24) is 4.98 Å². The van der Waals surface area contributed by atoms with Gasteiger partial charge in [0.1, 0.15) is 0 Å². The number of aromatic nitrogens is 1. The van der Waals surface area contributed by atoms with Crippen molar-refractivity contribution in [1.29, 1.82) is 0 Å². The van der Waals surface area contributed by atoms with E-state index in [2.05, 4.69) is 4.98 Å². The standard InChI is InChI=1S/C11H8ClN/c12-8-7-10-6-5-9-3-1-2-4-11(9)13-10/h1-8H/b8-7-. The Kier molecular flexibility index (Phi) is 2.28. The van der Waals surface area contributed by atoms with E-state index in [-0.39, 0.29) is 0 Å². The van der Waals surface area contributed by atoms with Gasteiger partial charge in [0.05, 0.1) is 11.2 Å². The molecular weight excluding hydrogens is 182 g/mol. The number of hydrogen-bond donors (Lipinski definition) is 0. The molecule has 1 aromatic heterocycles. The minimum Gasteiger partial charge on any atom is -0.248 e. The minimum absolute atomic E-state index is 0.883. The van der Waals surface area contributed by atoms with Crippen LogP contribution in [0.1, 0.15) is 5.69 Å². The lowest BCUT2D eigenvalue weighted by Crippen LogP contribution is -1.81. The van der Waals surface area contributed by atoms with Gasteiger partial charge in [0.2, 0.25) is 0 Å². The fourth-order valence-electron chi connectivity index (χ4n) is 1.24. The molecule has 2 heteroatoms. The van der Waals surface area contributed by atoms with Crippen molar-refractivity contribution in [2.24, 2.45) is 0 Å². The highest BCUT2D eigenvalue weighted by atomic mass is 35.5. The first-order valence-corrected chi connectivity index (χ1v) is 4.46. The molecule has 2 rings (SSSR count). The third-order valence-electron chi connectivity index (χ3n) is 1.85. The van der Waals surface area contributed by atoms with Gasteiger partial charge in [-0.1, -0.05) is 35.9 Å². The Balaban J connectivity index is 2.62. The molecule has 13 heavy (non-hydrogen) atoms. The largest absolute Gasteiger partial charge is 0.248 e. The Morgan fingerprint density at radius 1 is 1.08 bits per heavy atom. The van der Waals surface area contributed by atoms with E-state index in [0.29, 0.717) is 0 Å². The number of hydrogen-bond acceptors (Lipinski definition) is 1. The summed E-state index contributed by atoms with van der Waals surface area (Å²) >= 11 is 5.47. The van der Waals surface area contributed by atoms with Gasteiger partial charge < -0.3 is 0 Å². The van der Waals surface area contributed by atoms with Gasteiger partial charge in [-0.3, -0.25) is 0 Å². The molecule has 1 nitrogen and oxygen atoms in total. The van der Waals surface area contributed by atoms with Gasteiger partial charge in [-0.25, -0.2) is 4.98 Å². The molecule has 1 aromatic carbocycles. The van der Waals surface area contributed by atoms with Crippen molar-refractivity contribution in [3.63, 3.8) is 0 Å². The molecule has 0 unspecified atom stereocenters. The number of para-hydroxylation sites is 1. The highest BCUT2D eigenvalue weighted by molar-refractivity contribution is 6.27. The van der Waals surface area contributed by atoms with Crippen molar-refractivity contribution >= 4 is 28.6 Å². The highest BCUT2D eigenvalue weighted by Gasteiger charge is 1.93. The molecule has 0 fully saturated rings. The predicted molar refractivity (Wildman–Crippen MR) is 56.6 cm³/mol. The zero-order valence-electron chi connectivity index (χ0n) is 6.94. The van der Waals surface area contributed by atoms with Gasteiger partial charge in [0, 0.05) is 10.9 Å². The van der Waals surface area contributed by atoms with Crippen LogP contribution in [0.3, 0.4) is 0 Å². The molecule has 0 aliphatic rings. The highest BCUT2D eigenvalue weighted by Crippen LogP contribution is 2.12. The lowest BCUT2D eigenvalue weighted by atomic mass is 10.2. The SMILES string of the molecule is Cl/C=C\c1ccc2ccccc2n1. The monoisotopic (exact) mass is 189 g/mol. The maximum Gasteiger partial charge on any atom is 0.0709 e. The molecule has 2 aromatic rings. The van der Waals surface area contributed by atoms with Crippen LogP contribution in [0.2, 0.25) is 0 Å². The Hall–Kier alpha value is -1.34. The number of pyridine rings is 1. The Morgan fingerprint density at radius 3 is 2.77 bits per heavy atom. The average Bonchev–Trinajstić information content (AvgIpc) is 2.18. The van der Waals surface area contributed by atoms with Gasteiger partial charge in [-0.2, -0.15) is 0 Å². The second kappa shape index (κ2) is 3.58. The lowest BCUT2D eigenvalue weighted by molar-refractivity contribution is 1.37. The Bertz CT molecular complexity index is 449. The fourth-order valence-corrected chi connectivity index (χ4v) is 1.37. The van der Waals surface area contributed by atoms with Gasteiger partial charge in [0.15, 0.2) is 0 Å². The first-order valence-electron chi connectivity index (χ1n) is 4.03. The molecule has 0 radical (unpaired) electrons. The zero-order chi connectivity index (χ0) is 9.10. The van der Waals surface area contributed by atoms with Crippen LogP contribution in [0.5, 0.6) is 0 Å². The van der Waals surface area contributed by atoms with Gasteiger partial charge >= 0.3 is 0 Å². The van der Waals surface area contributed by atoms with E-state index in [1.165, 1.54) is 5.54 Å². The number of benzene rings is 1. The van der Waals surface area contributed by atoms with Crippen LogP contribution in [-0.2, 0) is 0 Å². The number of fused-ring (bicyclic) bond motifs is 1. The van der Waals surface area contributed by atoms with Crippen LogP contribution >= 0.6 is 11.6 Å². The molecule has 0 saturated carbocycles. The summed E-state index contributed by atoms with van der Waals surface area (Å²) in [5.41, 5.74) is 3.35. The van der Waals surface area contributed by atoms with Gasteiger partial charge in [-0.15, -0.1) is 0 Å². The van der Waals surface area contributed by atoms with Crippen molar-refractivity contribution in [2.75, 3.05) is 0 Å². The second-order valence-corrected chi connectivity index (χ2v) is 2.97. The Labute approximate surface area is 81.7 Å². The first kappa shape index (κ1) is 8.27. The van der Waals surface area contributed by atoms with Crippen LogP contribution in [0.25, 0.3) is 17.0 Å². The van der Waals surface area contributed by atoms with Crippen LogP contribution in [0, 0.1) is 0 Å². The summed E-state index contributed by atoms with van der Waals surface area (Å²) in [6.07, 6.45) is 1.77. The maximum atomic E-state index is 5.47. The quantitative estimate of drug-likeness (QED) is 0.670. The van der Waals surface area contributed by atoms with E-state index in [1.807, 2.05) is 36.4 Å². The molecule has 0 N–H and O–H groups in total. The van der Waals surface area contributed by atoms with Crippen molar-refractivity contribution < 1.29 is 0 Å². The normalized spacial score (nSPS) is 11.2. The summed E-state index contributed by atoms with van der Waals surface area (Å²) in [5, 5.41) is 1.15. The lowest BCUT2D eigenvalue weighted by Gasteiger charge is -1.97. The van der Waals surface area contributed by atoms with E-state index in [0.717, 1.165) is 16.6 Å². The van der Waals surface area contributed by atoms with E-state index < -0.39 is 0 Å². The van der Waals surface area contributed by atoms with Crippen LogP contribution in [0.4, 0.5) is 0 Å². The van der Waals surface area contributed by atoms with Crippen molar-refractivity contribution in [2.45, 2.75) is 0 Å². The predicted octanol–water partition coefficient (Wildman–Crippen LogP) is 3.44. The van der Waals surface area contributed by atoms with E-state index in [1.54, 1.807) is 6.08 Å². The molecule has 0 atom stereocenters. The summed E-state index contributed by atoms with van der Waals surface area (Å²) in [5.74, 6) is 0. The molecule has 0 bridgehead atoms. The molecule has 64 valence electrons. The van der Waals surface area contributed by atoms with Crippen LogP contribution in [-0.4, -0.2) is 4.98 Å². The molecule has 0 saturated heterocycles. The van der Waals surface area contributed by atoms with Crippen molar-refractivity contribution in [3.8, 4) is 0 Å². The summed E-state index contributed by atoms with van der Waals surface area (Å²) in [6, 6.07) is 12.0. The second-order valence-electron chi connectivity index (χ2n) is 2.72. The zero-order valence-corrected chi connectivity index (χ0v) is 7.70. The van der Waals surface area contributed by atoms with Gasteiger partial charge in [-0.05, 0) is 18.2 Å². The van der Waals surface area contributed by atoms with Gasteiger partial charge in [0.25, 0.3) is 0 Å². The topological polar surface area (TPSA) is 12.9 Å².